The molecule has 5 heteroatoms. The number of ether oxygens (including phenoxy) is 2. The lowest BCUT2D eigenvalue weighted by atomic mass is 9.99. The Hall–Kier alpha value is -2.69. The van der Waals surface area contributed by atoms with E-state index in [0.29, 0.717) is 5.75 Å². The molecule has 1 amide bonds. The SMILES string of the molecule is COc1ccc(O[C@@H](C)C(=O)N[C@@H](C)c2ccc(N3CCC[C@@H](C)C3)cc2)cc1. The Kier molecular flexibility index (Phi) is 7.02. The molecule has 1 fully saturated rings. The minimum atomic E-state index is -0.583. The van der Waals surface area contributed by atoms with Crippen molar-refractivity contribution >= 4 is 11.6 Å². The van der Waals surface area contributed by atoms with Gasteiger partial charge < -0.3 is 19.7 Å². The van der Waals surface area contributed by atoms with Gasteiger partial charge in [0.2, 0.25) is 0 Å². The number of rotatable bonds is 7. The standard InChI is InChI=1S/C24H32N2O3/c1-17-6-5-15-26(16-17)21-9-7-20(8-10-21)18(2)25-24(27)19(3)29-23-13-11-22(28-4)12-14-23/h7-14,17-19H,5-6,15-16H2,1-4H3,(H,25,27)/t17-,18+,19+/m1/s1. The number of anilines is 1. The monoisotopic (exact) mass is 396 g/mol. The number of carbonyl (C=O) groups is 1. The number of hydrogen-bond acceptors (Lipinski definition) is 4. The average Bonchev–Trinajstić information content (AvgIpc) is 2.74. The molecule has 29 heavy (non-hydrogen) atoms. The molecule has 5 nitrogen and oxygen atoms in total. The van der Waals surface area contributed by atoms with Crippen LogP contribution in [0.4, 0.5) is 5.69 Å². The van der Waals surface area contributed by atoms with Crippen molar-refractivity contribution < 1.29 is 14.3 Å². The second kappa shape index (κ2) is 9.68. The Morgan fingerprint density at radius 3 is 2.34 bits per heavy atom. The first kappa shape index (κ1) is 21.0. The second-order valence-corrected chi connectivity index (χ2v) is 7.95. The molecule has 1 saturated heterocycles. The Balaban J connectivity index is 1.54. The third kappa shape index (κ3) is 5.66. The topological polar surface area (TPSA) is 50.8 Å². The number of hydrogen-bond donors (Lipinski definition) is 1. The van der Waals surface area contributed by atoms with Crippen LogP contribution in [0.1, 0.15) is 45.2 Å². The molecule has 3 rings (SSSR count). The number of methoxy groups -OCH3 is 1. The van der Waals surface area contributed by atoms with E-state index in [9.17, 15) is 4.79 Å². The lowest BCUT2D eigenvalue weighted by molar-refractivity contribution is -0.127. The first-order valence-corrected chi connectivity index (χ1v) is 10.4. The van der Waals surface area contributed by atoms with E-state index in [-0.39, 0.29) is 11.9 Å². The highest BCUT2D eigenvalue weighted by molar-refractivity contribution is 5.81. The van der Waals surface area contributed by atoms with Crippen molar-refractivity contribution in [2.24, 2.45) is 5.92 Å². The van der Waals surface area contributed by atoms with E-state index in [0.717, 1.165) is 30.3 Å². The van der Waals surface area contributed by atoms with Gasteiger partial charge in [0.25, 0.3) is 5.91 Å². The lowest BCUT2D eigenvalue weighted by Gasteiger charge is -2.33. The fourth-order valence-corrected chi connectivity index (χ4v) is 3.72. The Labute approximate surface area is 174 Å². The summed E-state index contributed by atoms with van der Waals surface area (Å²) >= 11 is 0. The van der Waals surface area contributed by atoms with E-state index in [2.05, 4.69) is 41.4 Å². The first-order valence-electron chi connectivity index (χ1n) is 10.4. The number of nitrogens with one attached hydrogen (secondary N) is 1. The number of carbonyl (C=O) groups excluding carboxylic acids is 1. The number of piperidine rings is 1. The van der Waals surface area contributed by atoms with Gasteiger partial charge in [-0.3, -0.25) is 4.79 Å². The molecule has 0 unspecified atom stereocenters. The molecule has 156 valence electrons. The predicted molar refractivity (Wildman–Crippen MR) is 117 cm³/mol. The molecule has 1 aliphatic heterocycles. The zero-order chi connectivity index (χ0) is 20.8. The summed E-state index contributed by atoms with van der Waals surface area (Å²) in [5, 5.41) is 3.04. The first-order chi connectivity index (χ1) is 14.0. The summed E-state index contributed by atoms with van der Waals surface area (Å²) in [6.07, 6.45) is 1.98. The van der Waals surface area contributed by atoms with Gasteiger partial charge in [0.05, 0.1) is 13.2 Å². The Morgan fingerprint density at radius 2 is 1.72 bits per heavy atom. The van der Waals surface area contributed by atoms with E-state index in [4.69, 9.17) is 9.47 Å². The van der Waals surface area contributed by atoms with Crippen molar-refractivity contribution in [3.63, 3.8) is 0 Å². The molecule has 0 aromatic heterocycles. The molecule has 2 aromatic rings. The number of nitrogens with zero attached hydrogens (tertiary/aromatic N) is 1. The highest BCUT2D eigenvalue weighted by Crippen LogP contribution is 2.25. The fraction of sp³-hybridized carbons (Fsp3) is 0.458. The summed E-state index contributed by atoms with van der Waals surface area (Å²) in [4.78, 5) is 15.0. The van der Waals surface area contributed by atoms with Crippen molar-refractivity contribution in [2.45, 2.75) is 45.8 Å². The zero-order valence-electron chi connectivity index (χ0n) is 17.9. The van der Waals surface area contributed by atoms with Crippen LogP contribution in [0.15, 0.2) is 48.5 Å². The lowest BCUT2D eigenvalue weighted by Crippen LogP contribution is -2.37. The fourth-order valence-electron chi connectivity index (χ4n) is 3.72. The number of amides is 1. The van der Waals surface area contributed by atoms with E-state index >= 15 is 0 Å². The van der Waals surface area contributed by atoms with Crippen LogP contribution in [-0.4, -0.2) is 32.2 Å². The van der Waals surface area contributed by atoms with Crippen molar-refractivity contribution in [1.82, 2.24) is 5.32 Å². The van der Waals surface area contributed by atoms with Gasteiger partial charge in [-0.2, -0.15) is 0 Å². The third-order valence-electron chi connectivity index (χ3n) is 5.52. The van der Waals surface area contributed by atoms with Gasteiger partial charge in [0.1, 0.15) is 11.5 Å². The number of benzene rings is 2. The maximum Gasteiger partial charge on any atom is 0.261 e. The summed E-state index contributed by atoms with van der Waals surface area (Å²) in [7, 11) is 1.62. The van der Waals surface area contributed by atoms with Gasteiger partial charge in [0, 0.05) is 18.8 Å². The summed E-state index contributed by atoms with van der Waals surface area (Å²) in [5.74, 6) is 2.00. The van der Waals surface area contributed by atoms with Crippen LogP contribution in [0.5, 0.6) is 11.5 Å². The molecule has 0 radical (unpaired) electrons. The van der Waals surface area contributed by atoms with Gasteiger partial charge in [-0.15, -0.1) is 0 Å². The molecule has 2 aromatic carbocycles. The van der Waals surface area contributed by atoms with Crippen molar-refractivity contribution in [2.75, 3.05) is 25.1 Å². The van der Waals surface area contributed by atoms with Crippen LogP contribution in [-0.2, 0) is 4.79 Å². The predicted octanol–water partition coefficient (Wildman–Crippen LogP) is 4.58. The van der Waals surface area contributed by atoms with Crippen LogP contribution in [0, 0.1) is 5.92 Å². The van der Waals surface area contributed by atoms with Crippen molar-refractivity contribution in [3.05, 3.63) is 54.1 Å². The molecular weight excluding hydrogens is 364 g/mol. The maximum absolute atomic E-state index is 12.5. The van der Waals surface area contributed by atoms with Crippen LogP contribution < -0.4 is 19.7 Å². The van der Waals surface area contributed by atoms with Crippen LogP contribution in [0.3, 0.4) is 0 Å². The molecule has 1 heterocycles. The van der Waals surface area contributed by atoms with E-state index < -0.39 is 6.10 Å². The summed E-state index contributed by atoms with van der Waals surface area (Å²) in [6, 6.07) is 15.7. The van der Waals surface area contributed by atoms with E-state index in [1.165, 1.54) is 18.5 Å². The molecule has 1 aliphatic rings. The van der Waals surface area contributed by atoms with Gasteiger partial charge in [0.15, 0.2) is 6.10 Å². The summed E-state index contributed by atoms with van der Waals surface area (Å²) in [5.41, 5.74) is 2.35. The van der Waals surface area contributed by atoms with Crippen LogP contribution >= 0.6 is 0 Å². The molecule has 0 bridgehead atoms. The quantitative estimate of drug-likeness (QED) is 0.744. The second-order valence-electron chi connectivity index (χ2n) is 7.95. The van der Waals surface area contributed by atoms with Crippen LogP contribution in [0.25, 0.3) is 0 Å². The van der Waals surface area contributed by atoms with Gasteiger partial charge in [-0.25, -0.2) is 0 Å². The minimum Gasteiger partial charge on any atom is -0.497 e. The molecule has 1 N–H and O–H groups in total. The maximum atomic E-state index is 12.5. The van der Waals surface area contributed by atoms with Gasteiger partial charge in [-0.1, -0.05) is 19.1 Å². The van der Waals surface area contributed by atoms with Crippen molar-refractivity contribution in [3.8, 4) is 11.5 Å². The largest absolute Gasteiger partial charge is 0.497 e. The smallest absolute Gasteiger partial charge is 0.261 e. The van der Waals surface area contributed by atoms with Crippen molar-refractivity contribution in [1.29, 1.82) is 0 Å². The Morgan fingerprint density at radius 1 is 1.07 bits per heavy atom. The van der Waals surface area contributed by atoms with Gasteiger partial charge >= 0.3 is 0 Å². The Bertz CT molecular complexity index is 789. The highest BCUT2D eigenvalue weighted by atomic mass is 16.5. The highest BCUT2D eigenvalue weighted by Gasteiger charge is 2.19. The minimum absolute atomic E-state index is 0.0845. The molecule has 0 saturated carbocycles. The van der Waals surface area contributed by atoms with Gasteiger partial charge in [-0.05, 0) is 74.6 Å². The average molecular weight is 397 g/mol. The molecule has 0 spiro atoms. The normalized spacial score (nSPS) is 18.6. The molecule has 0 aliphatic carbocycles. The zero-order valence-corrected chi connectivity index (χ0v) is 17.9. The third-order valence-corrected chi connectivity index (χ3v) is 5.52. The van der Waals surface area contributed by atoms with Crippen LogP contribution in [0.2, 0.25) is 0 Å². The van der Waals surface area contributed by atoms with E-state index in [1.807, 2.05) is 19.1 Å². The van der Waals surface area contributed by atoms with E-state index in [1.54, 1.807) is 26.2 Å². The summed E-state index contributed by atoms with van der Waals surface area (Å²) < 4.78 is 10.9. The molecular formula is C24H32N2O3. The summed E-state index contributed by atoms with van der Waals surface area (Å²) in [6.45, 7) is 8.30. The molecule has 3 atom stereocenters.